The van der Waals surface area contributed by atoms with Gasteiger partial charge in [-0.25, -0.2) is 9.59 Å². The van der Waals surface area contributed by atoms with Crippen molar-refractivity contribution in [2.75, 3.05) is 17.7 Å². The van der Waals surface area contributed by atoms with Crippen molar-refractivity contribution < 1.29 is 14.3 Å². The van der Waals surface area contributed by atoms with Crippen molar-refractivity contribution in [1.29, 1.82) is 0 Å². The van der Waals surface area contributed by atoms with Gasteiger partial charge < -0.3 is 10.1 Å². The highest BCUT2D eigenvalue weighted by atomic mass is 32.2. The second-order valence-corrected chi connectivity index (χ2v) is 8.32. The summed E-state index contributed by atoms with van der Waals surface area (Å²) in [7, 11) is 0. The molecule has 0 aromatic heterocycles. The molecule has 2 atom stereocenters. The van der Waals surface area contributed by atoms with Gasteiger partial charge in [0.15, 0.2) is 0 Å². The molecule has 1 aromatic rings. The molecule has 1 aromatic carbocycles. The van der Waals surface area contributed by atoms with E-state index < -0.39 is 6.04 Å². The minimum Gasteiger partial charge on any atom is -0.464 e. The van der Waals surface area contributed by atoms with Crippen LogP contribution in [0.15, 0.2) is 24.3 Å². The second kappa shape index (κ2) is 9.86. The summed E-state index contributed by atoms with van der Waals surface area (Å²) in [4.78, 5) is 27.2. The molecule has 2 amide bonds. The number of ether oxygens (including phenoxy) is 1. The molecule has 6 heteroatoms. The third-order valence-corrected chi connectivity index (χ3v) is 5.71. The minimum atomic E-state index is -0.523. The molecule has 0 bridgehead atoms. The van der Waals surface area contributed by atoms with Crippen molar-refractivity contribution in [2.45, 2.75) is 58.4 Å². The number of nitrogens with one attached hydrogen (secondary N) is 1. The smallest absolute Gasteiger partial charge is 0.329 e. The van der Waals surface area contributed by atoms with Crippen molar-refractivity contribution in [3.8, 4) is 0 Å². The van der Waals surface area contributed by atoms with E-state index in [2.05, 4.69) is 26.1 Å². The third-order valence-electron chi connectivity index (χ3n) is 4.40. The molecule has 144 valence electrons. The van der Waals surface area contributed by atoms with Crippen LogP contribution in [0.5, 0.6) is 0 Å². The highest BCUT2D eigenvalue weighted by Crippen LogP contribution is 2.34. The number of hydrogen-bond acceptors (Lipinski definition) is 4. The number of amides is 2. The van der Waals surface area contributed by atoms with Gasteiger partial charge in [-0.1, -0.05) is 45.4 Å². The van der Waals surface area contributed by atoms with Crippen LogP contribution < -0.4 is 5.32 Å². The largest absolute Gasteiger partial charge is 0.464 e. The summed E-state index contributed by atoms with van der Waals surface area (Å²) >= 11 is 1.66. The Hall–Kier alpha value is -1.69. The number of benzene rings is 1. The lowest BCUT2D eigenvalue weighted by atomic mass is 10.1. The van der Waals surface area contributed by atoms with E-state index in [1.165, 1.54) is 0 Å². The van der Waals surface area contributed by atoms with Crippen molar-refractivity contribution in [3.63, 3.8) is 0 Å². The molecule has 26 heavy (non-hydrogen) atoms. The standard InChI is InChI=1S/C20H30N2O3S/c1-5-6-11-25-19(23)17-13-26-18(12-14(2)3)22(17)20(24)21-16-10-8-7-9-15(16)4/h7-10,14,17-18H,5-6,11-13H2,1-4H3,(H,21,24). The van der Waals surface area contributed by atoms with Gasteiger partial charge in [0, 0.05) is 11.4 Å². The Labute approximate surface area is 160 Å². The minimum absolute atomic E-state index is 0.0113. The van der Waals surface area contributed by atoms with Crippen LogP contribution in [-0.4, -0.2) is 40.7 Å². The van der Waals surface area contributed by atoms with Crippen molar-refractivity contribution in [2.24, 2.45) is 5.92 Å². The van der Waals surface area contributed by atoms with Gasteiger partial charge in [-0.15, -0.1) is 11.8 Å². The van der Waals surface area contributed by atoms with Crippen LogP contribution in [0.3, 0.4) is 0 Å². The van der Waals surface area contributed by atoms with Gasteiger partial charge in [-0.05, 0) is 37.3 Å². The van der Waals surface area contributed by atoms with Crippen molar-refractivity contribution in [1.82, 2.24) is 4.90 Å². The zero-order valence-electron chi connectivity index (χ0n) is 16.2. The molecule has 0 spiro atoms. The number of nitrogens with zero attached hydrogens (tertiary/aromatic N) is 1. The Bertz CT molecular complexity index is 621. The molecule has 5 nitrogen and oxygen atoms in total. The number of unbranched alkanes of at least 4 members (excludes halogenated alkanes) is 1. The number of esters is 1. The maximum absolute atomic E-state index is 13.0. The zero-order valence-corrected chi connectivity index (χ0v) is 17.0. The number of rotatable bonds is 7. The lowest BCUT2D eigenvalue weighted by Crippen LogP contribution is -2.48. The van der Waals surface area contributed by atoms with E-state index in [1.807, 2.05) is 31.2 Å². The van der Waals surface area contributed by atoms with Gasteiger partial charge in [-0.2, -0.15) is 0 Å². The summed E-state index contributed by atoms with van der Waals surface area (Å²) in [5.41, 5.74) is 1.77. The van der Waals surface area contributed by atoms with Gasteiger partial charge in [0.05, 0.1) is 12.0 Å². The first-order chi connectivity index (χ1) is 12.4. The van der Waals surface area contributed by atoms with Gasteiger partial charge in [0.2, 0.25) is 0 Å². The van der Waals surface area contributed by atoms with E-state index in [9.17, 15) is 9.59 Å². The predicted octanol–water partition coefficient (Wildman–Crippen LogP) is 4.66. The Balaban J connectivity index is 2.14. The highest BCUT2D eigenvalue weighted by Gasteiger charge is 2.42. The number of thioether (sulfide) groups is 1. The second-order valence-electron chi connectivity index (χ2n) is 7.11. The SMILES string of the molecule is CCCCOC(=O)C1CSC(CC(C)C)N1C(=O)Nc1ccccc1C. The maximum Gasteiger partial charge on any atom is 0.329 e. The van der Waals surface area contributed by atoms with E-state index in [1.54, 1.807) is 16.7 Å². The molecule has 1 aliphatic heterocycles. The van der Waals surface area contributed by atoms with Gasteiger partial charge >= 0.3 is 12.0 Å². The number of aryl methyl sites for hydroxylation is 1. The fourth-order valence-corrected chi connectivity index (χ4v) is 4.53. The molecule has 1 aliphatic rings. The molecular weight excluding hydrogens is 348 g/mol. The van der Waals surface area contributed by atoms with E-state index >= 15 is 0 Å². The van der Waals surface area contributed by atoms with Crippen LogP contribution in [0, 0.1) is 12.8 Å². The monoisotopic (exact) mass is 378 g/mol. The molecule has 1 N–H and O–H groups in total. The zero-order chi connectivity index (χ0) is 19.1. The van der Waals surface area contributed by atoms with E-state index in [0.717, 1.165) is 30.5 Å². The van der Waals surface area contributed by atoms with Crippen LogP contribution in [0.25, 0.3) is 0 Å². The molecule has 0 saturated carbocycles. The molecule has 0 aliphatic carbocycles. The number of hydrogen-bond donors (Lipinski definition) is 1. The Morgan fingerprint density at radius 2 is 2.08 bits per heavy atom. The molecule has 1 heterocycles. The first-order valence-electron chi connectivity index (χ1n) is 9.37. The van der Waals surface area contributed by atoms with Crippen LogP contribution in [0.1, 0.15) is 45.6 Å². The lowest BCUT2D eigenvalue weighted by Gasteiger charge is -2.29. The summed E-state index contributed by atoms with van der Waals surface area (Å²) in [5, 5.41) is 2.96. The quantitative estimate of drug-likeness (QED) is 0.554. The van der Waals surface area contributed by atoms with E-state index in [-0.39, 0.29) is 17.4 Å². The molecular formula is C20H30N2O3S. The van der Waals surface area contributed by atoms with Crippen LogP contribution >= 0.6 is 11.8 Å². The number of para-hydroxylation sites is 1. The fourth-order valence-electron chi connectivity index (χ4n) is 2.91. The number of anilines is 1. The summed E-state index contributed by atoms with van der Waals surface area (Å²) in [5.74, 6) is 0.733. The Kier molecular flexibility index (Phi) is 7.82. The first-order valence-corrected chi connectivity index (χ1v) is 10.4. The maximum atomic E-state index is 13.0. The Morgan fingerprint density at radius 3 is 2.73 bits per heavy atom. The van der Waals surface area contributed by atoms with Crippen LogP contribution in [0.4, 0.5) is 10.5 Å². The van der Waals surface area contributed by atoms with Gasteiger partial charge in [-0.3, -0.25) is 4.90 Å². The third kappa shape index (κ3) is 5.40. The predicted molar refractivity (Wildman–Crippen MR) is 107 cm³/mol. The average molecular weight is 379 g/mol. The Morgan fingerprint density at radius 1 is 1.35 bits per heavy atom. The normalized spacial score (nSPS) is 19.7. The summed E-state index contributed by atoms with van der Waals surface area (Å²) in [6, 6.07) is 6.91. The highest BCUT2D eigenvalue weighted by molar-refractivity contribution is 8.00. The van der Waals surface area contributed by atoms with Crippen molar-refractivity contribution in [3.05, 3.63) is 29.8 Å². The molecule has 2 rings (SSSR count). The number of carbonyl (C=O) groups excluding carboxylic acids is 2. The summed E-state index contributed by atoms with van der Waals surface area (Å²) in [6.45, 7) is 8.69. The number of carbonyl (C=O) groups is 2. The number of urea groups is 1. The summed E-state index contributed by atoms with van der Waals surface area (Å²) < 4.78 is 5.40. The summed E-state index contributed by atoms with van der Waals surface area (Å²) in [6.07, 6.45) is 2.67. The fraction of sp³-hybridized carbons (Fsp3) is 0.600. The van der Waals surface area contributed by atoms with Crippen LogP contribution in [-0.2, 0) is 9.53 Å². The van der Waals surface area contributed by atoms with Crippen molar-refractivity contribution >= 4 is 29.4 Å². The topological polar surface area (TPSA) is 58.6 Å². The van der Waals surface area contributed by atoms with Crippen LogP contribution in [0.2, 0.25) is 0 Å². The molecule has 1 fully saturated rings. The van der Waals surface area contributed by atoms with E-state index in [4.69, 9.17) is 4.74 Å². The average Bonchev–Trinajstić information content (AvgIpc) is 3.00. The molecule has 0 radical (unpaired) electrons. The van der Waals surface area contributed by atoms with E-state index in [0.29, 0.717) is 18.3 Å². The molecule has 1 saturated heterocycles. The first kappa shape index (κ1) is 20.6. The lowest BCUT2D eigenvalue weighted by molar-refractivity contribution is -0.148. The van der Waals surface area contributed by atoms with Gasteiger partial charge in [0.1, 0.15) is 6.04 Å². The van der Waals surface area contributed by atoms with Gasteiger partial charge in [0.25, 0.3) is 0 Å². The molecule has 2 unspecified atom stereocenters.